The van der Waals surface area contributed by atoms with Crippen molar-refractivity contribution in [1.29, 1.82) is 0 Å². The van der Waals surface area contributed by atoms with Crippen molar-refractivity contribution >= 4 is 40.7 Å². The monoisotopic (exact) mass is 786 g/mol. The van der Waals surface area contributed by atoms with Gasteiger partial charge in [0.05, 0.1) is 18.8 Å². The van der Waals surface area contributed by atoms with Crippen LogP contribution in [0.2, 0.25) is 0 Å². The molecule has 1 saturated heterocycles. The van der Waals surface area contributed by atoms with Crippen LogP contribution in [0, 0.1) is 5.92 Å². The molecule has 1 aliphatic rings. The molecule has 1 amide bonds. The van der Waals surface area contributed by atoms with Crippen LogP contribution < -0.4 is 5.32 Å². The summed E-state index contributed by atoms with van der Waals surface area (Å²) >= 11 is 17.3. The first kappa shape index (κ1) is 43.6. The summed E-state index contributed by atoms with van der Waals surface area (Å²) in [5.41, 5.74) is 5.80. The van der Waals surface area contributed by atoms with E-state index in [1.165, 1.54) is 77.0 Å². The third kappa shape index (κ3) is 14.1. The molecule has 0 saturated carbocycles. The van der Waals surface area contributed by atoms with Gasteiger partial charge in [0.15, 0.2) is 6.29 Å². The minimum Gasteiger partial charge on any atom is -0.392 e. The lowest BCUT2D eigenvalue weighted by Crippen LogP contribution is -2.45. The van der Waals surface area contributed by atoms with Gasteiger partial charge in [-0.1, -0.05) is 193 Å². The van der Waals surface area contributed by atoms with Gasteiger partial charge in [0.2, 0.25) is 0 Å². The number of carbonyl (C=O) groups is 1. The number of halogens is 3. The number of hydrogen-bond donors (Lipinski definition) is 2. The van der Waals surface area contributed by atoms with E-state index in [0.717, 1.165) is 53.0 Å². The van der Waals surface area contributed by atoms with Crippen molar-refractivity contribution < 1.29 is 19.4 Å². The molecule has 1 aliphatic heterocycles. The Bertz CT molecular complexity index is 1470. The number of ether oxygens (including phenoxy) is 2. The summed E-state index contributed by atoms with van der Waals surface area (Å²) in [6, 6.07) is 24.3. The molecule has 1 fully saturated rings. The number of nitrogens with one attached hydrogen (secondary N) is 1. The molecule has 0 aliphatic carbocycles. The lowest BCUT2D eigenvalue weighted by Gasteiger charge is -2.43. The molecule has 2 N–H and O–H groups in total. The van der Waals surface area contributed by atoms with E-state index in [0.29, 0.717) is 0 Å². The molecule has 292 valence electrons. The Morgan fingerprint density at radius 1 is 0.755 bits per heavy atom. The highest BCUT2D eigenvalue weighted by molar-refractivity contribution is 6.76. The second-order valence-electron chi connectivity index (χ2n) is 14.6. The molecule has 3 aromatic carbocycles. The maximum absolute atomic E-state index is 12.2. The number of amides is 1. The first-order valence-corrected chi connectivity index (χ1v) is 21.0. The molecule has 6 nitrogen and oxygen atoms in total. The largest absolute Gasteiger partial charge is 0.392 e. The van der Waals surface area contributed by atoms with Gasteiger partial charge < -0.3 is 24.8 Å². The molecular weight excluding hydrogens is 727 g/mol. The Kier molecular flexibility index (Phi) is 18.9. The summed E-state index contributed by atoms with van der Waals surface area (Å²) < 4.78 is 11.7. The molecule has 4 atom stereocenters. The predicted molar refractivity (Wildman–Crippen MR) is 220 cm³/mol. The van der Waals surface area contributed by atoms with Crippen LogP contribution in [-0.2, 0) is 27.4 Å². The first-order chi connectivity index (χ1) is 25.6. The van der Waals surface area contributed by atoms with E-state index in [9.17, 15) is 9.90 Å². The van der Waals surface area contributed by atoms with Crippen LogP contribution in [0.5, 0.6) is 0 Å². The minimum atomic E-state index is -2.02. The average molecular weight is 788 g/mol. The van der Waals surface area contributed by atoms with Gasteiger partial charge in [-0.3, -0.25) is 4.79 Å². The second kappa shape index (κ2) is 23.0. The maximum atomic E-state index is 12.2. The van der Waals surface area contributed by atoms with Crippen LogP contribution in [0.25, 0.3) is 11.1 Å². The molecule has 0 bridgehead atoms. The third-order valence-electron chi connectivity index (χ3n) is 10.4. The number of aliphatic hydroxyl groups excluding tert-OH is 1. The maximum Gasteiger partial charge on any atom is 0.272 e. The van der Waals surface area contributed by atoms with E-state index >= 15 is 0 Å². The molecule has 1 heterocycles. The lowest BCUT2D eigenvalue weighted by molar-refractivity contribution is -0.276. The standard InChI is InChI=1S/C44H61Cl3N2O4/c1-4-6-8-10-12-16-28-49(29-17-13-11-9-7-5-2)31-40-33(3)41(36-22-20-34(32-50)21-23-36)53-42(52-40)37-26-24-35(25-27-37)39-19-15-14-18-38(39)30-48-43(51)44(45,46)47/h14-15,18-27,33,40-42,50H,4-13,16-17,28-32H2,1-3H3,(H,48,51)/t33-,40+,41+,42+/m0/s1. The third-order valence-corrected chi connectivity index (χ3v) is 10.9. The fraction of sp³-hybridized carbons (Fsp3) is 0.568. The molecule has 0 unspecified atom stereocenters. The number of rotatable bonds is 22. The quantitative estimate of drug-likeness (QED) is 0.0784. The Hall–Kier alpha value is -2.16. The number of aliphatic hydroxyl groups is 1. The number of benzene rings is 3. The zero-order valence-corrected chi connectivity index (χ0v) is 34.3. The highest BCUT2D eigenvalue weighted by atomic mass is 35.6. The van der Waals surface area contributed by atoms with Gasteiger partial charge in [-0.2, -0.15) is 0 Å². The summed E-state index contributed by atoms with van der Waals surface area (Å²) in [6.45, 7) is 10.1. The van der Waals surface area contributed by atoms with E-state index < -0.39 is 16.0 Å². The van der Waals surface area contributed by atoms with Gasteiger partial charge in [0.1, 0.15) is 0 Å². The van der Waals surface area contributed by atoms with Gasteiger partial charge in [0.25, 0.3) is 9.70 Å². The van der Waals surface area contributed by atoms with Gasteiger partial charge in [-0.15, -0.1) is 0 Å². The van der Waals surface area contributed by atoms with Crippen LogP contribution >= 0.6 is 34.8 Å². The van der Waals surface area contributed by atoms with Crippen molar-refractivity contribution in [3.05, 3.63) is 95.1 Å². The number of nitrogens with zero attached hydrogens (tertiary/aromatic N) is 1. The highest BCUT2D eigenvalue weighted by Gasteiger charge is 2.39. The first-order valence-electron chi connectivity index (χ1n) is 19.9. The van der Waals surface area contributed by atoms with Crippen LogP contribution in [0.4, 0.5) is 0 Å². The molecule has 0 aromatic heterocycles. The van der Waals surface area contributed by atoms with E-state index in [1.54, 1.807) is 0 Å². The van der Waals surface area contributed by atoms with Gasteiger partial charge in [-0.25, -0.2) is 0 Å². The Morgan fingerprint density at radius 3 is 1.91 bits per heavy atom. The molecule has 0 radical (unpaired) electrons. The molecule has 0 spiro atoms. The summed E-state index contributed by atoms with van der Waals surface area (Å²) in [6.07, 6.45) is 14.7. The van der Waals surface area contributed by atoms with Crippen molar-refractivity contribution in [2.24, 2.45) is 5.92 Å². The lowest BCUT2D eigenvalue weighted by atomic mass is 9.89. The molecular formula is C44H61Cl3N2O4. The minimum absolute atomic E-state index is 0.0102. The zero-order chi connectivity index (χ0) is 38.1. The Labute approximate surface area is 333 Å². The second-order valence-corrected chi connectivity index (χ2v) is 16.9. The smallest absolute Gasteiger partial charge is 0.272 e. The summed E-state index contributed by atoms with van der Waals surface area (Å²) in [5.74, 6) is -0.544. The average Bonchev–Trinajstić information content (AvgIpc) is 3.17. The van der Waals surface area contributed by atoms with E-state index in [-0.39, 0.29) is 31.3 Å². The van der Waals surface area contributed by atoms with Crippen LogP contribution in [0.3, 0.4) is 0 Å². The van der Waals surface area contributed by atoms with Crippen LogP contribution in [0.15, 0.2) is 72.8 Å². The molecule has 4 rings (SSSR count). The highest BCUT2D eigenvalue weighted by Crippen LogP contribution is 2.42. The SMILES string of the molecule is CCCCCCCCN(CCCCCCCC)C[C@H]1O[C@@H](c2ccc(-c3ccccc3CNC(=O)C(Cl)(Cl)Cl)cc2)O[C@@H](c2ccc(CO)cc2)[C@H]1C. The molecule has 9 heteroatoms. The van der Waals surface area contributed by atoms with Crippen LogP contribution in [-0.4, -0.2) is 45.4 Å². The summed E-state index contributed by atoms with van der Waals surface area (Å²) in [7, 11) is 0. The van der Waals surface area contributed by atoms with Gasteiger partial charge in [-0.05, 0) is 53.7 Å². The van der Waals surface area contributed by atoms with E-state index in [2.05, 4.69) is 67.4 Å². The summed E-state index contributed by atoms with van der Waals surface area (Å²) in [4.78, 5) is 14.9. The Morgan fingerprint density at radius 2 is 1.32 bits per heavy atom. The van der Waals surface area contributed by atoms with Gasteiger partial charge >= 0.3 is 0 Å². The van der Waals surface area contributed by atoms with Crippen molar-refractivity contribution in [3.63, 3.8) is 0 Å². The normalized spacial score (nSPS) is 19.1. The Balaban J connectivity index is 1.53. The number of hydrogen-bond acceptors (Lipinski definition) is 5. The van der Waals surface area contributed by atoms with Crippen molar-refractivity contribution in [2.75, 3.05) is 19.6 Å². The molecule has 53 heavy (non-hydrogen) atoms. The zero-order valence-electron chi connectivity index (χ0n) is 32.0. The van der Waals surface area contributed by atoms with Crippen molar-refractivity contribution in [3.8, 4) is 11.1 Å². The van der Waals surface area contributed by atoms with E-state index in [4.69, 9.17) is 44.3 Å². The van der Waals surface area contributed by atoms with Gasteiger partial charge in [0, 0.05) is 24.6 Å². The van der Waals surface area contributed by atoms with Crippen LogP contribution in [0.1, 0.15) is 132 Å². The van der Waals surface area contributed by atoms with Crippen molar-refractivity contribution in [1.82, 2.24) is 10.2 Å². The topological polar surface area (TPSA) is 71.0 Å². The fourth-order valence-corrected chi connectivity index (χ4v) is 7.36. The summed E-state index contributed by atoms with van der Waals surface area (Å²) in [5, 5.41) is 12.4. The number of carbonyl (C=O) groups excluding carboxylic acids is 1. The van der Waals surface area contributed by atoms with E-state index in [1.807, 2.05) is 36.4 Å². The number of unbranched alkanes of at least 4 members (excludes halogenated alkanes) is 10. The fourth-order valence-electron chi connectivity index (χ4n) is 7.16. The number of alkyl halides is 3. The molecule has 3 aromatic rings. The van der Waals surface area contributed by atoms with Crippen molar-refractivity contribution in [2.45, 2.75) is 133 Å². The predicted octanol–water partition coefficient (Wildman–Crippen LogP) is 11.6.